The van der Waals surface area contributed by atoms with E-state index in [4.69, 9.17) is 4.74 Å². The Morgan fingerprint density at radius 3 is 2.59 bits per heavy atom. The molecule has 2 fully saturated rings. The Balaban J connectivity index is 1.35. The summed E-state index contributed by atoms with van der Waals surface area (Å²) in [5.74, 6) is -0.485. The fourth-order valence-corrected chi connectivity index (χ4v) is 5.49. The van der Waals surface area contributed by atoms with Gasteiger partial charge in [-0.1, -0.05) is 31.0 Å². The molecule has 2 aliphatic rings. The summed E-state index contributed by atoms with van der Waals surface area (Å²) in [6.07, 6.45) is 6.23. The SMILES string of the molecule is CCOC(=O)c1cccc(NC(=O)N[C@@H]2CCCC[C@H]2C(=O)N2CCC[C@@H](Cc3ccc(F)cc3)C2)c1. The average molecular weight is 510 g/mol. The van der Waals surface area contributed by atoms with Crippen molar-refractivity contribution in [3.05, 3.63) is 65.5 Å². The molecule has 3 atom stereocenters. The largest absolute Gasteiger partial charge is 0.462 e. The molecule has 37 heavy (non-hydrogen) atoms. The number of hydrogen-bond donors (Lipinski definition) is 2. The fourth-order valence-electron chi connectivity index (χ4n) is 5.49. The van der Waals surface area contributed by atoms with Crippen molar-refractivity contribution >= 4 is 23.6 Å². The highest BCUT2D eigenvalue weighted by Crippen LogP contribution is 2.29. The maximum Gasteiger partial charge on any atom is 0.338 e. The molecule has 7 nitrogen and oxygen atoms in total. The number of esters is 1. The van der Waals surface area contributed by atoms with E-state index in [1.165, 1.54) is 12.1 Å². The van der Waals surface area contributed by atoms with E-state index in [-0.39, 0.29) is 30.3 Å². The molecule has 2 aromatic rings. The summed E-state index contributed by atoms with van der Waals surface area (Å²) in [7, 11) is 0. The molecule has 1 aliphatic heterocycles. The van der Waals surface area contributed by atoms with Gasteiger partial charge in [0.2, 0.25) is 5.91 Å². The van der Waals surface area contributed by atoms with Crippen LogP contribution >= 0.6 is 0 Å². The van der Waals surface area contributed by atoms with Crippen LogP contribution in [0.4, 0.5) is 14.9 Å². The van der Waals surface area contributed by atoms with E-state index in [0.29, 0.717) is 23.7 Å². The third kappa shape index (κ3) is 7.31. The Morgan fingerprint density at radius 1 is 1.03 bits per heavy atom. The van der Waals surface area contributed by atoms with Crippen LogP contribution in [-0.4, -0.2) is 48.5 Å². The predicted octanol–water partition coefficient (Wildman–Crippen LogP) is 5.16. The van der Waals surface area contributed by atoms with Gasteiger partial charge in [0.25, 0.3) is 0 Å². The van der Waals surface area contributed by atoms with Gasteiger partial charge < -0.3 is 20.3 Å². The lowest BCUT2D eigenvalue weighted by Crippen LogP contribution is -2.52. The number of halogens is 1. The Hall–Kier alpha value is -3.42. The number of ether oxygens (including phenoxy) is 1. The van der Waals surface area contributed by atoms with E-state index in [0.717, 1.165) is 57.1 Å². The number of piperidine rings is 1. The summed E-state index contributed by atoms with van der Waals surface area (Å²) in [4.78, 5) is 40.4. The summed E-state index contributed by atoms with van der Waals surface area (Å²) in [6, 6.07) is 12.6. The van der Waals surface area contributed by atoms with Crippen molar-refractivity contribution in [3.63, 3.8) is 0 Å². The van der Waals surface area contributed by atoms with Gasteiger partial charge in [-0.05, 0) is 80.8 Å². The number of amides is 3. The highest BCUT2D eigenvalue weighted by Gasteiger charge is 2.36. The number of hydrogen-bond acceptors (Lipinski definition) is 4. The first-order chi connectivity index (χ1) is 17.9. The molecule has 0 spiro atoms. The van der Waals surface area contributed by atoms with Gasteiger partial charge in [-0.3, -0.25) is 4.79 Å². The Bertz CT molecular complexity index is 1090. The van der Waals surface area contributed by atoms with Crippen LogP contribution in [0.25, 0.3) is 0 Å². The first-order valence-corrected chi connectivity index (χ1v) is 13.3. The Kier molecular flexibility index (Phi) is 9.14. The van der Waals surface area contributed by atoms with Crippen LogP contribution in [0, 0.1) is 17.7 Å². The van der Waals surface area contributed by atoms with Crippen LogP contribution in [0.2, 0.25) is 0 Å². The first-order valence-electron chi connectivity index (χ1n) is 13.3. The zero-order valence-corrected chi connectivity index (χ0v) is 21.4. The van der Waals surface area contributed by atoms with E-state index in [2.05, 4.69) is 10.6 Å². The maximum absolute atomic E-state index is 13.6. The smallest absolute Gasteiger partial charge is 0.338 e. The van der Waals surface area contributed by atoms with Crippen molar-refractivity contribution in [2.75, 3.05) is 25.0 Å². The molecule has 3 amide bonds. The molecular weight excluding hydrogens is 473 g/mol. The summed E-state index contributed by atoms with van der Waals surface area (Å²) in [6.45, 7) is 3.43. The second-order valence-electron chi connectivity index (χ2n) is 10.0. The number of anilines is 1. The molecule has 1 saturated carbocycles. The van der Waals surface area contributed by atoms with Crippen LogP contribution in [-0.2, 0) is 16.0 Å². The van der Waals surface area contributed by atoms with Gasteiger partial charge in [-0.2, -0.15) is 0 Å². The van der Waals surface area contributed by atoms with E-state index in [1.54, 1.807) is 31.2 Å². The zero-order chi connectivity index (χ0) is 26.2. The number of nitrogens with one attached hydrogen (secondary N) is 2. The Labute approximate surface area is 217 Å². The van der Waals surface area contributed by atoms with Gasteiger partial charge in [0, 0.05) is 24.8 Å². The van der Waals surface area contributed by atoms with Gasteiger partial charge in [0.05, 0.1) is 18.1 Å². The lowest BCUT2D eigenvalue weighted by atomic mass is 9.82. The number of carbonyl (C=O) groups excluding carboxylic acids is 3. The molecule has 1 heterocycles. The second kappa shape index (κ2) is 12.7. The lowest BCUT2D eigenvalue weighted by Gasteiger charge is -2.39. The minimum atomic E-state index is -0.441. The molecule has 8 heteroatoms. The first kappa shape index (κ1) is 26.6. The third-order valence-electron chi connectivity index (χ3n) is 7.30. The number of benzene rings is 2. The number of rotatable bonds is 7. The monoisotopic (exact) mass is 509 g/mol. The van der Waals surface area contributed by atoms with Crippen molar-refractivity contribution in [1.29, 1.82) is 0 Å². The minimum Gasteiger partial charge on any atom is -0.462 e. The van der Waals surface area contributed by atoms with Crippen molar-refractivity contribution in [3.8, 4) is 0 Å². The topological polar surface area (TPSA) is 87.7 Å². The molecule has 0 aromatic heterocycles. The van der Waals surface area contributed by atoms with Gasteiger partial charge in [0.1, 0.15) is 5.82 Å². The van der Waals surface area contributed by atoms with Crippen molar-refractivity contribution in [2.24, 2.45) is 11.8 Å². The highest BCUT2D eigenvalue weighted by atomic mass is 19.1. The van der Waals surface area contributed by atoms with E-state index >= 15 is 0 Å². The maximum atomic E-state index is 13.6. The van der Waals surface area contributed by atoms with Gasteiger partial charge in [0.15, 0.2) is 0 Å². The van der Waals surface area contributed by atoms with Crippen LogP contribution in [0.1, 0.15) is 61.4 Å². The molecule has 2 N–H and O–H groups in total. The van der Waals surface area contributed by atoms with Crippen molar-refractivity contribution in [1.82, 2.24) is 10.2 Å². The van der Waals surface area contributed by atoms with Crippen molar-refractivity contribution in [2.45, 2.75) is 57.9 Å². The van der Waals surface area contributed by atoms with E-state index < -0.39 is 12.0 Å². The Morgan fingerprint density at radius 2 is 1.81 bits per heavy atom. The van der Waals surface area contributed by atoms with Crippen LogP contribution < -0.4 is 10.6 Å². The van der Waals surface area contributed by atoms with Gasteiger partial charge in [-0.15, -0.1) is 0 Å². The van der Waals surface area contributed by atoms with E-state index in [1.807, 2.05) is 17.0 Å². The fraction of sp³-hybridized carbons (Fsp3) is 0.483. The molecular formula is C29H36FN3O4. The summed E-state index contributed by atoms with van der Waals surface area (Å²) in [5.41, 5.74) is 1.94. The summed E-state index contributed by atoms with van der Waals surface area (Å²) >= 11 is 0. The lowest BCUT2D eigenvalue weighted by molar-refractivity contribution is -0.139. The standard InChI is InChI=1S/C29H36FN3O4/c1-2-37-28(35)22-8-5-9-24(18-22)31-29(36)32-26-11-4-3-10-25(26)27(34)33-16-6-7-21(19-33)17-20-12-14-23(30)15-13-20/h5,8-9,12-15,18,21,25-26H,2-4,6-7,10-11,16-17,19H2,1H3,(H2,31,32,36)/t21-,25+,26+/m0/s1. The zero-order valence-electron chi connectivity index (χ0n) is 21.4. The number of carbonyl (C=O) groups is 3. The molecule has 0 unspecified atom stereocenters. The summed E-state index contributed by atoms with van der Waals surface area (Å²) in [5, 5.41) is 5.81. The molecule has 2 aromatic carbocycles. The van der Waals surface area contributed by atoms with Gasteiger partial charge in [-0.25, -0.2) is 14.0 Å². The average Bonchev–Trinajstić information content (AvgIpc) is 2.90. The molecule has 0 radical (unpaired) electrons. The molecule has 198 valence electrons. The van der Waals surface area contributed by atoms with Crippen LogP contribution in [0.3, 0.4) is 0 Å². The normalized spacial score (nSPS) is 21.7. The second-order valence-corrected chi connectivity index (χ2v) is 10.0. The number of nitrogens with zero attached hydrogens (tertiary/aromatic N) is 1. The quantitative estimate of drug-likeness (QED) is 0.505. The molecule has 4 rings (SSSR count). The summed E-state index contributed by atoms with van der Waals surface area (Å²) < 4.78 is 18.3. The van der Waals surface area contributed by atoms with Crippen molar-refractivity contribution < 1.29 is 23.5 Å². The third-order valence-corrected chi connectivity index (χ3v) is 7.30. The molecule has 0 bridgehead atoms. The van der Waals surface area contributed by atoms with Crippen LogP contribution in [0.15, 0.2) is 48.5 Å². The molecule has 1 aliphatic carbocycles. The molecule has 1 saturated heterocycles. The minimum absolute atomic E-state index is 0.109. The van der Waals surface area contributed by atoms with Gasteiger partial charge >= 0.3 is 12.0 Å². The highest BCUT2D eigenvalue weighted by molar-refractivity contribution is 5.94. The van der Waals surface area contributed by atoms with Crippen LogP contribution in [0.5, 0.6) is 0 Å². The number of urea groups is 1. The predicted molar refractivity (Wildman–Crippen MR) is 140 cm³/mol. The number of likely N-dealkylation sites (tertiary alicyclic amines) is 1. The van der Waals surface area contributed by atoms with E-state index in [9.17, 15) is 18.8 Å².